The van der Waals surface area contributed by atoms with Crippen LogP contribution >= 0.6 is 0 Å². The molecule has 0 aromatic carbocycles. The highest BCUT2D eigenvalue weighted by atomic mass is 16.3. The van der Waals surface area contributed by atoms with Gasteiger partial charge in [0.05, 0.1) is 0 Å². The summed E-state index contributed by atoms with van der Waals surface area (Å²) in [7, 11) is 0. The predicted octanol–water partition coefficient (Wildman–Crippen LogP) is 2.67. The molecule has 1 nitrogen and oxygen atoms in total. The zero-order valence-corrected chi connectivity index (χ0v) is 7.58. The molecule has 0 aromatic rings. The van der Waals surface area contributed by atoms with Crippen molar-refractivity contribution < 1.29 is 5.11 Å². The summed E-state index contributed by atoms with van der Waals surface area (Å²) in [5.74, 6) is 0.724. The Labute approximate surface area is 74.8 Å². The second kappa shape index (κ2) is 6.01. The summed E-state index contributed by atoms with van der Waals surface area (Å²) in [5, 5.41) is 8.81. The van der Waals surface area contributed by atoms with Crippen LogP contribution in [-0.4, -0.2) is 11.7 Å². The van der Waals surface area contributed by atoms with Crippen LogP contribution < -0.4 is 0 Å². The van der Waals surface area contributed by atoms with E-state index in [0.717, 1.165) is 25.2 Å². The van der Waals surface area contributed by atoms with Crippen LogP contribution in [0, 0.1) is 5.92 Å². The van der Waals surface area contributed by atoms with Gasteiger partial charge in [0.1, 0.15) is 0 Å². The molecule has 0 aliphatic heterocycles. The molecule has 0 aromatic heterocycles. The second-order valence-electron chi connectivity index (χ2n) is 3.39. The number of hydrogen-bond donors (Lipinski definition) is 1. The SMILES string of the molecule is OCCC1CCC=CC=CCC1. The van der Waals surface area contributed by atoms with Crippen molar-refractivity contribution in [1.82, 2.24) is 0 Å². The maximum Gasteiger partial charge on any atom is 0.0433 e. The molecule has 1 heteroatoms. The minimum absolute atomic E-state index is 0.345. The second-order valence-corrected chi connectivity index (χ2v) is 3.39. The fraction of sp³-hybridized carbons (Fsp3) is 0.636. The molecule has 0 unspecified atom stereocenters. The van der Waals surface area contributed by atoms with Crippen molar-refractivity contribution in [1.29, 1.82) is 0 Å². The summed E-state index contributed by atoms with van der Waals surface area (Å²) >= 11 is 0. The Morgan fingerprint density at radius 1 is 1.08 bits per heavy atom. The lowest BCUT2D eigenvalue weighted by Crippen LogP contribution is -2.02. The molecule has 0 fully saturated rings. The van der Waals surface area contributed by atoms with Gasteiger partial charge in [-0.1, -0.05) is 24.3 Å². The van der Waals surface area contributed by atoms with Crippen LogP contribution in [0.5, 0.6) is 0 Å². The highest BCUT2D eigenvalue weighted by Gasteiger charge is 2.06. The number of hydrogen-bond acceptors (Lipinski definition) is 1. The third-order valence-electron chi connectivity index (χ3n) is 2.40. The molecule has 12 heavy (non-hydrogen) atoms. The number of aliphatic hydroxyl groups excluding tert-OH is 1. The third-order valence-corrected chi connectivity index (χ3v) is 2.40. The molecule has 0 amide bonds. The maximum absolute atomic E-state index is 8.81. The van der Waals surface area contributed by atoms with E-state index in [4.69, 9.17) is 5.11 Å². The van der Waals surface area contributed by atoms with Gasteiger partial charge in [0, 0.05) is 6.61 Å². The first-order valence-electron chi connectivity index (χ1n) is 4.86. The molecule has 0 heterocycles. The third kappa shape index (κ3) is 3.72. The van der Waals surface area contributed by atoms with Gasteiger partial charge in [0.15, 0.2) is 0 Å². The lowest BCUT2D eigenvalue weighted by molar-refractivity contribution is 0.247. The van der Waals surface area contributed by atoms with Crippen molar-refractivity contribution in [3.63, 3.8) is 0 Å². The standard InChI is InChI=1S/C11H18O/c12-10-9-11-7-5-3-1-2-4-6-8-11/h1-4,11-12H,5-10H2. The molecule has 0 saturated carbocycles. The summed E-state index contributed by atoms with van der Waals surface area (Å²) in [6.07, 6.45) is 14.4. The van der Waals surface area contributed by atoms with Gasteiger partial charge < -0.3 is 5.11 Å². The summed E-state index contributed by atoms with van der Waals surface area (Å²) in [4.78, 5) is 0. The molecule has 1 aliphatic carbocycles. The van der Waals surface area contributed by atoms with Crippen molar-refractivity contribution in [3.8, 4) is 0 Å². The van der Waals surface area contributed by atoms with E-state index in [1.54, 1.807) is 0 Å². The molecular weight excluding hydrogens is 148 g/mol. The monoisotopic (exact) mass is 166 g/mol. The fourth-order valence-corrected chi connectivity index (χ4v) is 1.63. The topological polar surface area (TPSA) is 20.2 Å². The predicted molar refractivity (Wildman–Crippen MR) is 51.9 cm³/mol. The van der Waals surface area contributed by atoms with Gasteiger partial charge >= 0.3 is 0 Å². The van der Waals surface area contributed by atoms with Gasteiger partial charge in [0.25, 0.3) is 0 Å². The van der Waals surface area contributed by atoms with Crippen LogP contribution in [0.25, 0.3) is 0 Å². The average molecular weight is 166 g/mol. The first kappa shape index (κ1) is 9.53. The van der Waals surface area contributed by atoms with Crippen LogP contribution in [0.2, 0.25) is 0 Å². The summed E-state index contributed by atoms with van der Waals surface area (Å²) in [6.45, 7) is 0.345. The minimum atomic E-state index is 0.345. The summed E-state index contributed by atoms with van der Waals surface area (Å²) < 4.78 is 0. The smallest absolute Gasteiger partial charge is 0.0433 e. The molecule has 68 valence electrons. The normalized spacial score (nSPS) is 24.6. The Morgan fingerprint density at radius 2 is 1.67 bits per heavy atom. The van der Waals surface area contributed by atoms with Gasteiger partial charge in [-0.2, -0.15) is 0 Å². The molecule has 0 saturated heterocycles. The number of allylic oxidation sites excluding steroid dienone is 4. The maximum atomic E-state index is 8.81. The Balaban J connectivity index is 2.33. The highest BCUT2D eigenvalue weighted by molar-refractivity contribution is 5.03. The van der Waals surface area contributed by atoms with Crippen LogP contribution in [-0.2, 0) is 0 Å². The van der Waals surface area contributed by atoms with Crippen LogP contribution in [0.1, 0.15) is 32.1 Å². The molecule has 1 N–H and O–H groups in total. The van der Waals surface area contributed by atoms with Crippen molar-refractivity contribution in [2.24, 2.45) is 5.92 Å². The summed E-state index contributed by atoms with van der Waals surface area (Å²) in [5.41, 5.74) is 0. The lowest BCUT2D eigenvalue weighted by Gasteiger charge is -2.12. The molecule has 1 rings (SSSR count). The van der Waals surface area contributed by atoms with Gasteiger partial charge in [0.2, 0.25) is 0 Å². The zero-order valence-electron chi connectivity index (χ0n) is 7.58. The highest BCUT2D eigenvalue weighted by Crippen LogP contribution is 2.19. The Hall–Kier alpha value is -0.560. The first-order chi connectivity index (χ1) is 5.93. The van der Waals surface area contributed by atoms with Gasteiger partial charge in [-0.15, -0.1) is 0 Å². The summed E-state index contributed by atoms with van der Waals surface area (Å²) in [6, 6.07) is 0. The minimum Gasteiger partial charge on any atom is -0.396 e. The fourth-order valence-electron chi connectivity index (χ4n) is 1.63. The molecular formula is C11H18O. The quantitative estimate of drug-likeness (QED) is 0.668. The zero-order chi connectivity index (χ0) is 8.65. The van der Waals surface area contributed by atoms with Gasteiger partial charge in [-0.3, -0.25) is 0 Å². The first-order valence-corrected chi connectivity index (χ1v) is 4.86. The Bertz CT molecular complexity index is 142. The van der Waals surface area contributed by atoms with Gasteiger partial charge in [-0.25, -0.2) is 0 Å². The van der Waals surface area contributed by atoms with Crippen molar-refractivity contribution >= 4 is 0 Å². The number of aliphatic hydroxyl groups is 1. The van der Waals surface area contributed by atoms with Crippen LogP contribution in [0.4, 0.5) is 0 Å². The Kier molecular flexibility index (Phi) is 4.77. The number of rotatable bonds is 2. The van der Waals surface area contributed by atoms with Gasteiger partial charge in [-0.05, 0) is 38.0 Å². The van der Waals surface area contributed by atoms with Crippen LogP contribution in [0.15, 0.2) is 24.3 Å². The van der Waals surface area contributed by atoms with Crippen molar-refractivity contribution in [2.75, 3.05) is 6.61 Å². The van der Waals surface area contributed by atoms with E-state index >= 15 is 0 Å². The largest absolute Gasteiger partial charge is 0.396 e. The molecule has 1 aliphatic rings. The average Bonchev–Trinajstić information content (AvgIpc) is 2.19. The van der Waals surface area contributed by atoms with E-state index in [2.05, 4.69) is 24.3 Å². The van der Waals surface area contributed by atoms with E-state index in [1.165, 1.54) is 12.8 Å². The van der Waals surface area contributed by atoms with E-state index < -0.39 is 0 Å². The van der Waals surface area contributed by atoms with E-state index in [0.29, 0.717) is 6.61 Å². The molecule has 0 radical (unpaired) electrons. The van der Waals surface area contributed by atoms with E-state index in [-0.39, 0.29) is 0 Å². The molecule has 0 bridgehead atoms. The van der Waals surface area contributed by atoms with Crippen LogP contribution in [0.3, 0.4) is 0 Å². The van der Waals surface area contributed by atoms with Crippen molar-refractivity contribution in [2.45, 2.75) is 32.1 Å². The Morgan fingerprint density at radius 3 is 2.17 bits per heavy atom. The van der Waals surface area contributed by atoms with E-state index in [1.807, 2.05) is 0 Å². The molecule has 0 spiro atoms. The van der Waals surface area contributed by atoms with Crippen molar-refractivity contribution in [3.05, 3.63) is 24.3 Å². The lowest BCUT2D eigenvalue weighted by atomic mass is 9.95. The van der Waals surface area contributed by atoms with E-state index in [9.17, 15) is 0 Å². The molecule has 0 atom stereocenters.